The lowest BCUT2D eigenvalue weighted by atomic mass is 10.1. The highest BCUT2D eigenvalue weighted by Crippen LogP contribution is 2.23. The maximum atomic E-state index is 12.2. The Morgan fingerprint density at radius 2 is 2.29 bits per heavy atom. The van der Waals surface area contributed by atoms with E-state index in [1.807, 2.05) is 19.1 Å². The quantitative estimate of drug-likeness (QED) is 0.834. The number of β-amino-alcohol motifs (C(OH)–C–C–N with tert-alkyl or cyclic N) is 1. The van der Waals surface area contributed by atoms with Crippen LogP contribution >= 0.6 is 11.6 Å². The zero-order valence-electron chi connectivity index (χ0n) is 9.82. The molecule has 1 heterocycles. The first kappa shape index (κ1) is 12.4. The number of aliphatic hydroxyl groups excluding tert-OH is 1. The summed E-state index contributed by atoms with van der Waals surface area (Å²) in [7, 11) is 0. The highest BCUT2D eigenvalue weighted by atomic mass is 35.5. The van der Waals surface area contributed by atoms with Crippen molar-refractivity contribution in [2.45, 2.75) is 25.9 Å². The summed E-state index contributed by atoms with van der Waals surface area (Å²) >= 11 is 6.13. The predicted octanol–water partition coefficient (Wildman–Crippen LogP) is 2.25. The number of halogens is 1. The van der Waals surface area contributed by atoms with Gasteiger partial charge in [-0.25, -0.2) is 0 Å². The minimum absolute atomic E-state index is 0.0857. The second-order valence-corrected chi connectivity index (χ2v) is 4.86. The fourth-order valence-electron chi connectivity index (χ4n) is 2.12. The average Bonchev–Trinajstić information content (AvgIpc) is 2.32. The SMILES string of the molecule is Cc1cccc(C(=O)N2CCC[C@H](O)C2)c1Cl. The Balaban J connectivity index is 2.22. The van der Waals surface area contributed by atoms with Crippen molar-refractivity contribution in [1.29, 1.82) is 0 Å². The van der Waals surface area contributed by atoms with Crippen LogP contribution in [0.2, 0.25) is 5.02 Å². The number of likely N-dealkylation sites (tertiary alicyclic amines) is 1. The maximum absolute atomic E-state index is 12.2. The van der Waals surface area contributed by atoms with Crippen LogP contribution in [-0.4, -0.2) is 35.1 Å². The Morgan fingerprint density at radius 3 is 3.00 bits per heavy atom. The molecular weight excluding hydrogens is 238 g/mol. The van der Waals surface area contributed by atoms with Crippen LogP contribution in [0.25, 0.3) is 0 Å². The lowest BCUT2D eigenvalue weighted by molar-refractivity contribution is 0.0474. The summed E-state index contributed by atoms with van der Waals surface area (Å²) in [5, 5.41) is 10.1. The highest BCUT2D eigenvalue weighted by Gasteiger charge is 2.24. The molecule has 1 amide bonds. The van der Waals surface area contributed by atoms with Crippen molar-refractivity contribution in [3.8, 4) is 0 Å². The van der Waals surface area contributed by atoms with Crippen molar-refractivity contribution in [3.05, 3.63) is 34.3 Å². The van der Waals surface area contributed by atoms with Crippen molar-refractivity contribution < 1.29 is 9.90 Å². The number of amides is 1. The Labute approximate surface area is 106 Å². The Bertz CT molecular complexity index is 433. The van der Waals surface area contributed by atoms with E-state index in [-0.39, 0.29) is 5.91 Å². The molecule has 1 aromatic carbocycles. The number of benzene rings is 1. The molecule has 0 aliphatic carbocycles. The number of rotatable bonds is 1. The zero-order valence-corrected chi connectivity index (χ0v) is 10.6. The molecule has 1 aliphatic heterocycles. The predicted molar refractivity (Wildman–Crippen MR) is 67.3 cm³/mol. The molecule has 1 fully saturated rings. The van der Waals surface area contributed by atoms with Crippen LogP contribution in [0.4, 0.5) is 0 Å². The number of hydrogen-bond donors (Lipinski definition) is 1. The van der Waals surface area contributed by atoms with E-state index in [0.29, 0.717) is 23.7 Å². The number of piperidine rings is 1. The molecule has 1 atom stereocenters. The van der Waals surface area contributed by atoms with E-state index in [1.54, 1.807) is 11.0 Å². The van der Waals surface area contributed by atoms with Crippen molar-refractivity contribution in [2.75, 3.05) is 13.1 Å². The van der Waals surface area contributed by atoms with Gasteiger partial charge in [-0.15, -0.1) is 0 Å². The minimum atomic E-state index is -0.406. The van der Waals surface area contributed by atoms with Crippen molar-refractivity contribution in [3.63, 3.8) is 0 Å². The molecule has 1 N–H and O–H groups in total. The van der Waals surface area contributed by atoms with Gasteiger partial charge in [0.05, 0.1) is 16.7 Å². The van der Waals surface area contributed by atoms with Gasteiger partial charge in [0.1, 0.15) is 0 Å². The maximum Gasteiger partial charge on any atom is 0.255 e. The molecule has 3 nitrogen and oxygen atoms in total. The third-order valence-corrected chi connectivity index (χ3v) is 3.61. The molecule has 0 bridgehead atoms. The Kier molecular flexibility index (Phi) is 3.69. The topological polar surface area (TPSA) is 40.5 Å². The molecular formula is C13H16ClNO2. The van der Waals surface area contributed by atoms with Gasteiger partial charge in [0.15, 0.2) is 0 Å². The summed E-state index contributed by atoms with van der Waals surface area (Å²) < 4.78 is 0. The van der Waals surface area contributed by atoms with Crippen LogP contribution < -0.4 is 0 Å². The van der Waals surface area contributed by atoms with Crippen LogP contribution in [0, 0.1) is 6.92 Å². The number of nitrogens with zero attached hydrogens (tertiary/aromatic N) is 1. The Morgan fingerprint density at radius 1 is 1.53 bits per heavy atom. The molecule has 0 spiro atoms. The number of hydrogen-bond acceptors (Lipinski definition) is 2. The molecule has 2 rings (SSSR count). The van der Waals surface area contributed by atoms with E-state index in [2.05, 4.69) is 0 Å². The lowest BCUT2D eigenvalue weighted by Gasteiger charge is -2.30. The summed E-state index contributed by atoms with van der Waals surface area (Å²) in [5.74, 6) is -0.0857. The molecule has 0 aromatic heterocycles. The van der Waals surface area contributed by atoms with Gasteiger partial charge in [-0.1, -0.05) is 23.7 Å². The average molecular weight is 254 g/mol. The minimum Gasteiger partial charge on any atom is -0.391 e. The van der Waals surface area contributed by atoms with Crippen LogP contribution in [0.15, 0.2) is 18.2 Å². The van der Waals surface area contributed by atoms with E-state index in [9.17, 15) is 9.90 Å². The van der Waals surface area contributed by atoms with Gasteiger partial charge in [0, 0.05) is 13.1 Å². The van der Waals surface area contributed by atoms with Crippen LogP contribution in [0.5, 0.6) is 0 Å². The first-order valence-corrected chi connectivity index (χ1v) is 6.20. The van der Waals surface area contributed by atoms with Crippen molar-refractivity contribution >= 4 is 17.5 Å². The monoisotopic (exact) mass is 253 g/mol. The van der Waals surface area contributed by atoms with E-state index >= 15 is 0 Å². The number of carbonyl (C=O) groups excluding carboxylic acids is 1. The van der Waals surface area contributed by atoms with Gasteiger partial charge in [0.25, 0.3) is 5.91 Å². The van der Waals surface area contributed by atoms with Crippen molar-refractivity contribution in [2.24, 2.45) is 0 Å². The zero-order chi connectivity index (χ0) is 12.4. The number of aliphatic hydroxyl groups is 1. The smallest absolute Gasteiger partial charge is 0.255 e. The van der Waals surface area contributed by atoms with Gasteiger partial charge in [0.2, 0.25) is 0 Å². The highest BCUT2D eigenvalue weighted by molar-refractivity contribution is 6.34. The fourth-order valence-corrected chi connectivity index (χ4v) is 2.33. The summed E-state index contributed by atoms with van der Waals surface area (Å²) in [6, 6.07) is 5.44. The standard InChI is InChI=1S/C13H16ClNO2/c1-9-4-2-6-11(12(9)14)13(17)15-7-3-5-10(16)8-15/h2,4,6,10,16H,3,5,7-8H2,1H3/t10-/m0/s1. The number of carbonyl (C=O) groups is 1. The van der Waals surface area contributed by atoms with Crippen LogP contribution in [0.3, 0.4) is 0 Å². The molecule has 4 heteroatoms. The molecule has 17 heavy (non-hydrogen) atoms. The molecule has 0 unspecified atom stereocenters. The van der Waals surface area contributed by atoms with Gasteiger partial charge >= 0.3 is 0 Å². The number of aryl methyl sites for hydroxylation is 1. The second-order valence-electron chi connectivity index (χ2n) is 4.48. The summed E-state index contributed by atoms with van der Waals surface area (Å²) in [6.45, 7) is 2.98. The molecule has 92 valence electrons. The molecule has 1 aliphatic rings. The van der Waals surface area contributed by atoms with Crippen LogP contribution in [0.1, 0.15) is 28.8 Å². The molecule has 0 saturated carbocycles. The van der Waals surface area contributed by atoms with E-state index < -0.39 is 6.10 Å². The van der Waals surface area contributed by atoms with Gasteiger partial charge in [-0.2, -0.15) is 0 Å². The lowest BCUT2D eigenvalue weighted by Crippen LogP contribution is -2.42. The van der Waals surface area contributed by atoms with E-state index in [1.165, 1.54) is 0 Å². The Hall–Kier alpha value is -1.06. The molecule has 1 aromatic rings. The van der Waals surface area contributed by atoms with E-state index in [4.69, 9.17) is 11.6 Å². The summed E-state index contributed by atoms with van der Waals surface area (Å²) in [4.78, 5) is 13.9. The third-order valence-electron chi connectivity index (χ3n) is 3.11. The first-order valence-electron chi connectivity index (χ1n) is 5.82. The summed E-state index contributed by atoms with van der Waals surface area (Å²) in [5.41, 5.74) is 1.43. The normalized spacial score (nSPS) is 20.4. The third kappa shape index (κ3) is 2.61. The van der Waals surface area contributed by atoms with E-state index in [0.717, 1.165) is 18.4 Å². The van der Waals surface area contributed by atoms with Gasteiger partial charge in [-0.3, -0.25) is 4.79 Å². The first-order chi connectivity index (χ1) is 8.09. The second kappa shape index (κ2) is 5.07. The largest absolute Gasteiger partial charge is 0.391 e. The molecule has 0 radical (unpaired) electrons. The van der Waals surface area contributed by atoms with Gasteiger partial charge in [-0.05, 0) is 31.4 Å². The molecule has 1 saturated heterocycles. The fraction of sp³-hybridized carbons (Fsp3) is 0.462. The van der Waals surface area contributed by atoms with Gasteiger partial charge < -0.3 is 10.0 Å². The van der Waals surface area contributed by atoms with Crippen molar-refractivity contribution in [1.82, 2.24) is 4.90 Å². The van der Waals surface area contributed by atoms with Crippen LogP contribution in [-0.2, 0) is 0 Å². The summed E-state index contributed by atoms with van der Waals surface area (Å²) in [6.07, 6.45) is 1.21.